The maximum Gasteiger partial charge on any atom is 0.306 e. The number of rotatable bonds is 3. The summed E-state index contributed by atoms with van der Waals surface area (Å²) < 4.78 is 30.0. The first-order valence-corrected chi connectivity index (χ1v) is 8.16. The van der Waals surface area contributed by atoms with Crippen LogP contribution < -0.4 is 0 Å². The van der Waals surface area contributed by atoms with Crippen molar-refractivity contribution in [3.05, 3.63) is 0 Å². The van der Waals surface area contributed by atoms with Gasteiger partial charge >= 0.3 is 5.97 Å². The van der Waals surface area contributed by atoms with E-state index in [0.717, 1.165) is 0 Å². The predicted molar refractivity (Wildman–Crippen MR) is 66.1 cm³/mol. The Kier molecular flexibility index (Phi) is 4.27. The summed E-state index contributed by atoms with van der Waals surface area (Å²) in [5.74, 6) is -1.15. The van der Waals surface area contributed by atoms with Crippen LogP contribution in [0.1, 0.15) is 38.5 Å². The average Bonchev–Trinajstić information content (AvgIpc) is 2.40. The van der Waals surface area contributed by atoms with Crippen molar-refractivity contribution in [1.82, 2.24) is 0 Å². The lowest BCUT2D eigenvalue weighted by atomic mass is 9.89. The van der Waals surface area contributed by atoms with E-state index < -0.39 is 15.8 Å². The second-order valence-electron chi connectivity index (χ2n) is 5.21. The fourth-order valence-electron chi connectivity index (χ4n) is 2.91. The predicted octanol–water partition coefficient (Wildman–Crippen LogP) is 1.22. The monoisotopic (exact) mass is 276 g/mol. The van der Waals surface area contributed by atoms with Crippen LogP contribution in [0, 0.1) is 5.92 Å². The standard InChI is InChI=1S/C12H20O5S/c13-12(14)9-1-3-10(4-2-9)18(15,16)11-5-7-17-8-6-11/h9-11H,1-8H2,(H,13,14). The lowest BCUT2D eigenvalue weighted by molar-refractivity contribution is -0.142. The number of carbonyl (C=O) groups is 1. The van der Waals surface area contributed by atoms with E-state index in [1.54, 1.807) is 0 Å². The van der Waals surface area contributed by atoms with Gasteiger partial charge in [-0.25, -0.2) is 8.42 Å². The molecule has 0 amide bonds. The van der Waals surface area contributed by atoms with Gasteiger partial charge in [-0.3, -0.25) is 4.79 Å². The summed E-state index contributed by atoms with van der Waals surface area (Å²) in [5.41, 5.74) is 0. The molecule has 0 unspecified atom stereocenters. The van der Waals surface area contributed by atoms with Crippen molar-refractivity contribution < 1.29 is 23.1 Å². The van der Waals surface area contributed by atoms with Gasteiger partial charge in [-0.15, -0.1) is 0 Å². The summed E-state index contributed by atoms with van der Waals surface area (Å²) in [4.78, 5) is 10.8. The molecule has 18 heavy (non-hydrogen) atoms. The fourth-order valence-corrected chi connectivity index (χ4v) is 5.24. The van der Waals surface area contributed by atoms with E-state index in [9.17, 15) is 13.2 Å². The first-order valence-electron chi connectivity index (χ1n) is 6.55. The highest BCUT2D eigenvalue weighted by molar-refractivity contribution is 7.92. The van der Waals surface area contributed by atoms with Crippen molar-refractivity contribution in [1.29, 1.82) is 0 Å². The second-order valence-corrected chi connectivity index (χ2v) is 7.72. The van der Waals surface area contributed by atoms with Gasteiger partial charge < -0.3 is 9.84 Å². The summed E-state index contributed by atoms with van der Waals surface area (Å²) in [6.45, 7) is 1.04. The molecule has 0 aromatic rings. The summed E-state index contributed by atoms with van der Waals surface area (Å²) in [7, 11) is -3.11. The minimum Gasteiger partial charge on any atom is -0.481 e. The third-order valence-electron chi connectivity index (χ3n) is 4.12. The van der Waals surface area contributed by atoms with Gasteiger partial charge in [-0.2, -0.15) is 0 Å². The molecular formula is C12H20O5S. The Bertz CT molecular complexity index is 389. The Balaban J connectivity index is 1.97. The smallest absolute Gasteiger partial charge is 0.306 e. The second kappa shape index (κ2) is 5.57. The lowest BCUT2D eigenvalue weighted by Crippen LogP contribution is -2.38. The van der Waals surface area contributed by atoms with Gasteiger partial charge in [0.1, 0.15) is 0 Å². The maximum absolute atomic E-state index is 12.4. The minimum atomic E-state index is -3.11. The highest BCUT2D eigenvalue weighted by atomic mass is 32.2. The van der Waals surface area contributed by atoms with E-state index >= 15 is 0 Å². The van der Waals surface area contributed by atoms with E-state index in [1.165, 1.54) is 0 Å². The molecule has 0 radical (unpaired) electrons. The van der Waals surface area contributed by atoms with Crippen LogP contribution in [0.5, 0.6) is 0 Å². The molecule has 6 heteroatoms. The van der Waals surface area contributed by atoms with E-state index in [1.807, 2.05) is 0 Å². The third-order valence-corrected chi connectivity index (χ3v) is 6.92. The van der Waals surface area contributed by atoms with Crippen LogP contribution in [0.15, 0.2) is 0 Å². The zero-order valence-corrected chi connectivity index (χ0v) is 11.2. The van der Waals surface area contributed by atoms with Crippen LogP contribution >= 0.6 is 0 Å². The Morgan fingerprint density at radius 2 is 1.44 bits per heavy atom. The molecule has 104 valence electrons. The molecule has 1 N–H and O–H groups in total. The normalized spacial score (nSPS) is 31.1. The van der Waals surface area contributed by atoms with Crippen LogP contribution in [0.3, 0.4) is 0 Å². The molecule has 0 bridgehead atoms. The van der Waals surface area contributed by atoms with Crippen LogP contribution in [-0.4, -0.2) is 43.2 Å². The molecule has 2 rings (SSSR count). The van der Waals surface area contributed by atoms with E-state index in [-0.39, 0.29) is 16.4 Å². The number of ether oxygens (including phenoxy) is 1. The molecule has 1 saturated carbocycles. The van der Waals surface area contributed by atoms with Crippen molar-refractivity contribution in [3.63, 3.8) is 0 Å². The van der Waals surface area contributed by atoms with Gasteiger partial charge in [-0.05, 0) is 38.5 Å². The Hall–Kier alpha value is -0.620. The van der Waals surface area contributed by atoms with E-state index in [4.69, 9.17) is 9.84 Å². The molecule has 0 aromatic carbocycles. The lowest BCUT2D eigenvalue weighted by Gasteiger charge is -2.31. The van der Waals surface area contributed by atoms with Crippen molar-refractivity contribution in [3.8, 4) is 0 Å². The van der Waals surface area contributed by atoms with Crippen molar-refractivity contribution in [2.24, 2.45) is 5.92 Å². The Morgan fingerprint density at radius 1 is 0.944 bits per heavy atom. The molecule has 0 atom stereocenters. The highest BCUT2D eigenvalue weighted by Gasteiger charge is 2.38. The molecule has 0 aromatic heterocycles. The first-order chi connectivity index (χ1) is 8.51. The highest BCUT2D eigenvalue weighted by Crippen LogP contribution is 2.32. The molecular weight excluding hydrogens is 256 g/mol. The number of hydrogen-bond acceptors (Lipinski definition) is 4. The molecule has 1 saturated heterocycles. The zero-order chi connectivity index (χ0) is 13.2. The van der Waals surface area contributed by atoms with Crippen LogP contribution in [0.4, 0.5) is 0 Å². The van der Waals surface area contributed by atoms with Gasteiger partial charge in [0, 0.05) is 13.2 Å². The minimum absolute atomic E-state index is 0.280. The average molecular weight is 276 g/mol. The van der Waals surface area contributed by atoms with Gasteiger partial charge in [-0.1, -0.05) is 0 Å². The van der Waals surface area contributed by atoms with Crippen molar-refractivity contribution >= 4 is 15.8 Å². The Labute approximate surface area is 107 Å². The van der Waals surface area contributed by atoms with Gasteiger partial charge in [0.25, 0.3) is 0 Å². The van der Waals surface area contributed by atoms with E-state index in [0.29, 0.717) is 51.7 Å². The molecule has 1 aliphatic heterocycles. The number of carboxylic acid groups (broad SMARTS) is 1. The number of carboxylic acids is 1. The SMILES string of the molecule is O=C(O)C1CCC(S(=O)(=O)C2CCOCC2)CC1. The fraction of sp³-hybridized carbons (Fsp3) is 0.917. The number of hydrogen-bond donors (Lipinski definition) is 1. The summed E-state index contributed by atoms with van der Waals surface area (Å²) >= 11 is 0. The molecule has 5 nitrogen and oxygen atoms in total. The third kappa shape index (κ3) is 2.85. The van der Waals surface area contributed by atoms with Crippen LogP contribution in [0.25, 0.3) is 0 Å². The van der Waals surface area contributed by atoms with Crippen LogP contribution in [0.2, 0.25) is 0 Å². The topological polar surface area (TPSA) is 80.7 Å². The molecule has 1 aliphatic carbocycles. The number of aliphatic carboxylic acids is 1. The van der Waals surface area contributed by atoms with Crippen molar-refractivity contribution in [2.75, 3.05) is 13.2 Å². The summed E-state index contributed by atoms with van der Waals surface area (Å²) in [6.07, 6.45) is 3.14. The largest absolute Gasteiger partial charge is 0.481 e. The number of sulfone groups is 1. The van der Waals surface area contributed by atoms with Crippen LogP contribution in [-0.2, 0) is 19.4 Å². The van der Waals surface area contributed by atoms with Crippen molar-refractivity contribution in [2.45, 2.75) is 49.0 Å². The molecule has 1 heterocycles. The van der Waals surface area contributed by atoms with Gasteiger partial charge in [0.2, 0.25) is 0 Å². The first kappa shape index (κ1) is 13.8. The summed E-state index contributed by atoms with van der Waals surface area (Å²) in [5, 5.41) is 8.29. The summed E-state index contributed by atoms with van der Waals surface area (Å²) in [6, 6.07) is 0. The zero-order valence-electron chi connectivity index (χ0n) is 10.4. The molecule has 2 fully saturated rings. The van der Waals surface area contributed by atoms with E-state index in [2.05, 4.69) is 0 Å². The quantitative estimate of drug-likeness (QED) is 0.838. The van der Waals surface area contributed by atoms with Gasteiger partial charge in [0.15, 0.2) is 9.84 Å². The Morgan fingerprint density at radius 3 is 1.94 bits per heavy atom. The van der Waals surface area contributed by atoms with Gasteiger partial charge in [0.05, 0.1) is 16.4 Å². The molecule has 0 spiro atoms. The molecule has 2 aliphatic rings. The maximum atomic E-state index is 12.4.